The summed E-state index contributed by atoms with van der Waals surface area (Å²) in [6.07, 6.45) is 0.361. The van der Waals surface area contributed by atoms with Gasteiger partial charge in [0.25, 0.3) is 5.56 Å². The minimum absolute atomic E-state index is 0.0420. The van der Waals surface area contributed by atoms with Crippen LogP contribution in [0.2, 0.25) is 0 Å². The summed E-state index contributed by atoms with van der Waals surface area (Å²) in [5, 5.41) is 0.875. The Balaban J connectivity index is 1.68. The fourth-order valence-electron chi connectivity index (χ4n) is 2.84. The Morgan fingerprint density at radius 1 is 1.11 bits per heavy atom. The van der Waals surface area contributed by atoms with Crippen molar-refractivity contribution in [2.75, 3.05) is 12.9 Å². The fourth-order valence-corrected chi connectivity index (χ4v) is 3.87. The van der Waals surface area contributed by atoms with Gasteiger partial charge in [-0.25, -0.2) is 13.1 Å². The number of sulfonamides is 1. The van der Waals surface area contributed by atoms with Gasteiger partial charge in [0.1, 0.15) is 5.75 Å². The third kappa shape index (κ3) is 4.96. The highest BCUT2D eigenvalue weighted by Crippen LogP contribution is 2.14. The SMILES string of the molecule is COc1cccc(CCS(=O)(=O)NCc2cc3cc(C)ccc3[nH]c2=O)c1. The second kappa shape index (κ2) is 7.94. The summed E-state index contributed by atoms with van der Waals surface area (Å²) >= 11 is 0. The molecule has 0 radical (unpaired) electrons. The molecule has 7 heteroatoms. The Hall–Kier alpha value is -2.64. The number of H-pyrrole nitrogens is 1. The van der Waals surface area contributed by atoms with Gasteiger partial charge in [-0.1, -0.05) is 23.8 Å². The lowest BCUT2D eigenvalue weighted by Crippen LogP contribution is -2.29. The van der Waals surface area contributed by atoms with E-state index >= 15 is 0 Å². The number of hydrogen-bond donors (Lipinski definition) is 2. The maximum absolute atomic E-state index is 12.3. The van der Waals surface area contributed by atoms with Gasteiger partial charge in [-0.15, -0.1) is 0 Å². The van der Waals surface area contributed by atoms with Crippen LogP contribution < -0.4 is 15.0 Å². The second-order valence-electron chi connectivity index (χ2n) is 6.46. The van der Waals surface area contributed by atoms with Crippen LogP contribution in [-0.4, -0.2) is 26.3 Å². The van der Waals surface area contributed by atoms with Crippen molar-refractivity contribution < 1.29 is 13.2 Å². The van der Waals surface area contributed by atoms with Crippen molar-refractivity contribution in [3.05, 3.63) is 75.6 Å². The number of aryl methyl sites for hydroxylation is 2. The summed E-state index contributed by atoms with van der Waals surface area (Å²) in [7, 11) is -1.95. The van der Waals surface area contributed by atoms with E-state index in [1.165, 1.54) is 0 Å². The minimum Gasteiger partial charge on any atom is -0.497 e. The molecule has 0 aliphatic rings. The van der Waals surface area contributed by atoms with Gasteiger partial charge in [-0.05, 0) is 54.6 Å². The molecule has 1 heterocycles. The molecule has 0 atom stereocenters. The summed E-state index contributed by atoms with van der Waals surface area (Å²) in [4.78, 5) is 15.0. The predicted molar refractivity (Wildman–Crippen MR) is 107 cm³/mol. The molecule has 0 bridgehead atoms. The zero-order valence-corrected chi connectivity index (χ0v) is 16.1. The topological polar surface area (TPSA) is 88.3 Å². The predicted octanol–water partition coefficient (Wildman–Crippen LogP) is 2.51. The largest absolute Gasteiger partial charge is 0.497 e. The molecule has 3 aromatic rings. The third-order valence-corrected chi connectivity index (χ3v) is 5.68. The molecule has 0 unspecified atom stereocenters. The molecule has 0 aliphatic heterocycles. The molecule has 2 N–H and O–H groups in total. The van der Waals surface area contributed by atoms with E-state index in [2.05, 4.69) is 9.71 Å². The number of pyridine rings is 1. The first-order valence-electron chi connectivity index (χ1n) is 8.59. The van der Waals surface area contributed by atoms with Crippen molar-refractivity contribution in [2.45, 2.75) is 19.9 Å². The Morgan fingerprint density at radius 3 is 2.70 bits per heavy atom. The Labute approximate surface area is 158 Å². The van der Waals surface area contributed by atoms with E-state index in [-0.39, 0.29) is 17.9 Å². The molecule has 6 nitrogen and oxygen atoms in total. The first-order valence-corrected chi connectivity index (χ1v) is 10.2. The molecule has 142 valence electrons. The number of ether oxygens (including phenoxy) is 1. The van der Waals surface area contributed by atoms with Gasteiger partial charge in [0, 0.05) is 17.6 Å². The molecule has 0 saturated carbocycles. The summed E-state index contributed by atoms with van der Waals surface area (Å²) in [5.74, 6) is 0.626. The Morgan fingerprint density at radius 2 is 1.93 bits per heavy atom. The Kier molecular flexibility index (Phi) is 5.62. The highest BCUT2D eigenvalue weighted by Gasteiger charge is 2.12. The minimum atomic E-state index is -3.52. The van der Waals surface area contributed by atoms with Crippen LogP contribution in [0.25, 0.3) is 10.9 Å². The molecule has 0 aliphatic carbocycles. The van der Waals surface area contributed by atoms with Crippen LogP contribution >= 0.6 is 0 Å². The van der Waals surface area contributed by atoms with E-state index in [4.69, 9.17) is 4.74 Å². The van der Waals surface area contributed by atoms with Gasteiger partial charge < -0.3 is 9.72 Å². The molecule has 2 aromatic carbocycles. The quantitative estimate of drug-likeness (QED) is 0.653. The smallest absolute Gasteiger partial charge is 0.252 e. The molecule has 27 heavy (non-hydrogen) atoms. The summed E-state index contributed by atoms with van der Waals surface area (Å²) in [6, 6.07) is 14.7. The van der Waals surface area contributed by atoms with E-state index in [9.17, 15) is 13.2 Å². The van der Waals surface area contributed by atoms with Crippen LogP contribution in [-0.2, 0) is 23.0 Å². The van der Waals surface area contributed by atoms with E-state index in [0.29, 0.717) is 17.7 Å². The first-order chi connectivity index (χ1) is 12.9. The summed E-state index contributed by atoms with van der Waals surface area (Å²) in [5.41, 5.74) is 2.77. The van der Waals surface area contributed by atoms with E-state index in [1.807, 2.05) is 49.4 Å². The van der Waals surface area contributed by atoms with E-state index in [0.717, 1.165) is 22.0 Å². The number of methoxy groups -OCH3 is 1. The highest BCUT2D eigenvalue weighted by atomic mass is 32.2. The van der Waals surface area contributed by atoms with Gasteiger partial charge in [0.15, 0.2) is 0 Å². The standard InChI is InChI=1S/C20H22N2O4S/c1-14-6-7-19-16(10-14)12-17(20(23)22-19)13-21-27(24,25)9-8-15-4-3-5-18(11-15)26-2/h3-7,10-12,21H,8-9,13H2,1-2H3,(H,22,23). The van der Waals surface area contributed by atoms with Gasteiger partial charge in [0.2, 0.25) is 10.0 Å². The zero-order valence-electron chi connectivity index (χ0n) is 15.3. The summed E-state index contributed by atoms with van der Waals surface area (Å²) in [6.45, 7) is 1.92. The van der Waals surface area contributed by atoms with Crippen molar-refractivity contribution in [3.63, 3.8) is 0 Å². The van der Waals surface area contributed by atoms with Crippen molar-refractivity contribution in [1.82, 2.24) is 9.71 Å². The molecule has 3 rings (SSSR count). The third-order valence-electron chi connectivity index (χ3n) is 4.35. The van der Waals surface area contributed by atoms with Crippen LogP contribution in [0.15, 0.2) is 53.3 Å². The van der Waals surface area contributed by atoms with Crippen molar-refractivity contribution in [3.8, 4) is 5.75 Å². The fraction of sp³-hybridized carbons (Fsp3) is 0.250. The van der Waals surface area contributed by atoms with Crippen LogP contribution in [0.1, 0.15) is 16.7 Å². The number of rotatable bonds is 7. The monoisotopic (exact) mass is 386 g/mol. The molecule has 0 spiro atoms. The van der Waals surface area contributed by atoms with Crippen molar-refractivity contribution >= 4 is 20.9 Å². The number of aromatic amines is 1. The lowest BCUT2D eigenvalue weighted by Gasteiger charge is -2.08. The molecular formula is C20H22N2O4S. The zero-order chi connectivity index (χ0) is 19.4. The number of aromatic nitrogens is 1. The normalized spacial score (nSPS) is 11.6. The average Bonchev–Trinajstić information content (AvgIpc) is 2.65. The average molecular weight is 386 g/mol. The van der Waals surface area contributed by atoms with Gasteiger partial charge in [-0.2, -0.15) is 0 Å². The number of nitrogens with one attached hydrogen (secondary N) is 2. The van der Waals surface area contributed by atoms with Crippen LogP contribution in [0.4, 0.5) is 0 Å². The maximum Gasteiger partial charge on any atom is 0.252 e. The number of benzene rings is 2. The maximum atomic E-state index is 12.3. The number of fused-ring (bicyclic) bond motifs is 1. The second-order valence-corrected chi connectivity index (χ2v) is 8.38. The first kappa shape index (κ1) is 19.1. The molecule has 0 amide bonds. The van der Waals surface area contributed by atoms with Crippen LogP contribution in [0.5, 0.6) is 5.75 Å². The van der Waals surface area contributed by atoms with Crippen molar-refractivity contribution in [1.29, 1.82) is 0 Å². The van der Waals surface area contributed by atoms with E-state index in [1.54, 1.807) is 13.2 Å². The Bertz CT molecular complexity index is 1120. The van der Waals surface area contributed by atoms with E-state index < -0.39 is 10.0 Å². The van der Waals surface area contributed by atoms with Crippen molar-refractivity contribution in [2.24, 2.45) is 0 Å². The van der Waals surface area contributed by atoms with Gasteiger partial charge in [-0.3, -0.25) is 4.79 Å². The van der Waals surface area contributed by atoms with Gasteiger partial charge in [0.05, 0.1) is 12.9 Å². The highest BCUT2D eigenvalue weighted by molar-refractivity contribution is 7.89. The lowest BCUT2D eigenvalue weighted by molar-refractivity contribution is 0.414. The molecule has 0 fully saturated rings. The summed E-state index contributed by atoms with van der Waals surface area (Å²) < 4.78 is 32.3. The lowest BCUT2D eigenvalue weighted by atomic mass is 10.1. The molecular weight excluding hydrogens is 364 g/mol. The number of hydrogen-bond acceptors (Lipinski definition) is 4. The van der Waals surface area contributed by atoms with Crippen LogP contribution in [0, 0.1) is 6.92 Å². The molecule has 1 aromatic heterocycles. The van der Waals surface area contributed by atoms with Gasteiger partial charge >= 0.3 is 0 Å². The van der Waals surface area contributed by atoms with Crippen LogP contribution in [0.3, 0.4) is 0 Å². The molecule has 0 saturated heterocycles.